The minimum atomic E-state index is -1.28. The van der Waals surface area contributed by atoms with Gasteiger partial charge in [-0.25, -0.2) is 4.79 Å². The van der Waals surface area contributed by atoms with Gasteiger partial charge in [0.2, 0.25) is 0 Å². The Bertz CT molecular complexity index is 779. The van der Waals surface area contributed by atoms with Crippen molar-refractivity contribution in [1.82, 2.24) is 0 Å². The quantitative estimate of drug-likeness (QED) is 0.742. The number of amides is 1. The highest BCUT2D eigenvalue weighted by atomic mass is 79.9. The van der Waals surface area contributed by atoms with E-state index in [4.69, 9.17) is 4.74 Å². The molecule has 0 saturated carbocycles. The maximum Gasteiger partial charge on any atom is 0.339 e. The van der Waals surface area contributed by atoms with Crippen LogP contribution in [0.1, 0.15) is 17.3 Å². The van der Waals surface area contributed by atoms with E-state index in [1.165, 1.54) is 6.07 Å². The van der Waals surface area contributed by atoms with Crippen molar-refractivity contribution in [2.75, 3.05) is 17.7 Å². The van der Waals surface area contributed by atoms with E-state index >= 15 is 0 Å². The minimum Gasteiger partial charge on any atom is -0.452 e. The fraction of sp³-hybridized carbons (Fsp3) is 0.176. The van der Waals surface area contributed by atoms with Crippen LogP contribution in [-0.4, -0.2) is 28.4 Å². The summed E-state index contributed by atoms with van der Waals surface area (Å²) in [6, 6.07) is 13.6. The van der Waals surface area contributed by atoms with Crippen LogP contribution in [0.4, 0.5) is 5.69 Å². The van der Waals surface area contributed by atoms with Crippen molar-refractivity contribution in [2.24, 2.45) is 0 Å². The van der Waals surface area contributed by atoms with Crippen LogP contribution in [0.5, 0.6) is 0 Å². The molecule has 0 bridgehead atoms. The number of halogens is 1. The highest BCUT2D eigenvalue weighted by Crippen LogP contribution is 2.21. The van der Waals surface area contributed by atoms with Crippen LogP contribution in [0, 0.1) is 0 Å². The molecule has 2 aromatic rings. The number of nitrogens with one attached hydrogen (secondary N) is 1. The van der Waals surface area contributed by atoms with Crippen molar-refractivity contribution in [3.05, 3.63) is 58.6 Å². The standard InChI is InChI=1S/C17H16BrNO4S/c1-2-24(22)15-10-6-3-7-12(15)17(21)23-11-16(20)19-14-9-5-4-8-13(14)18/h3-10H,2,11H2,1H3,(H,19,20). The molecule has 7 heteroatoms. The number of ether oxygens (including phenoxy) is 1. The molecule has 0 radical (unpaired) electrons. The van der Waals surface area contributed by atoms with Crippen molar-refractivity contribution in [3.63, 3.8) is 0 Å². The predicted octanol–water partition coefficient (Wildman–Crippen LogP) is 3.37. The zero-order valence-electron chi connectivity index (χ0n) is 13.0. The second-order valence-electron chi connectivity index (χ2n) is 4.73. The Morgan fingerprint density at radius 2 is 1.79 bits per heavy atom. The van der Waals surface area contributed by atoms with Gasteiger partial charge in [0, 0.05) is 10.2 Å². The Balaban J connectivity index is 2.00. The van der Waals surface area contributed by atoms with Crippen LogP contribution in [0.15, 0.2) is 57.9 Å². The molecule has 0 spiro atoms. The van der Waals surface area contributed by atoms with Crippen LogP contribution >= 0.6 is 15.9 Å². The van der Waals surface area contributed by atoms with E-state index in [2.05, 4.69) is 21.2 Å². The smallest absolute Gasteiger partial charge is 0.339 e. The van der Waals surface area contributed by atoms with Crippen LogP contribution in [0.25, 0.3) is 0 Å². The highest BCUT2D eigenvalue weighted by Gasteiger charge is 2.17. The minimum absolute atomic E-state index is 0.214. The lowest BCUT2D eigenvalue weighted by atomic mass is 10.2. The van der Waals surface area contributed by atoms with E-state index in [1.54, 1.807) is 43.3 Å². The molecule has 0 aliphatic rings. The summed E-state index contributed by atoms with van der Waals surface area (Å²) in [4.78, 5) is 24.5. The number of para-hydroxylation sites is 1. The van der Waals surface area contributed by atoms with E-state index in [0.717, 1.165) is 4.47 Å². The summed E-state index contributed by atoms with van der Waals surface area (Å²) in [5.74, 6) is -0.730. The number of carbonyl (C=O) groups excluding carboxylic acids is 2. The average molecular weight is 410 g/mol. The summed E-state index contributed by atoms with van der Waals surface area (Å²) in [6.45, 7) is 1.34. The Morgan fingerprint density at radius 3 is 2.50 bits per heavy atom. The number of rotatable bonds is 6. The lowest BCUT2D eigenvalue weighted by molar-refractivity contribution is -0.119. The summed E-state index contributed by atoms with van der Waals surface area (Å²) in [5, 5.41) is 2.64. The first kappa shape index (κ1) is 18.4. The van der Waals surface area contributed by atoms with E-state index in [-0.39, 0.29) is 5.56 Å². The van der Waals surface area contributed by atoms with Gasteiger partial charge in [0.1, 0.15) is 0 Å². The molecule has 24 heavy (non-hydrogen) atoms. The molecule has 0 fully saturated rings. The van der Waals surface area contributed by atoms with Gasteiger partial charge < -0.3 is 10.1 Å². The number of hydrogen-bond acceptors (Lipinski definition) is 4. The van der Waals surface area contributed by atoms with Crippen LogP contribution < -0.4 is 5.32 Å². The Labute approximate surface area is 151 Å². The van der Waals surface area contributed by atoms with Gasteiger partial charge in [-0.05, 0) is 40.2 Å². The molecule has 0 saturated heterocycles. The summed E-state index contributed by atoms with van der Waals surface area (Å²) >= 11 is 3.32. The number of carbonyl (C=O) groups is 2. The molecule has 2 aromatic carbocycles. The summed E-state index contributed by atoms with van der Waals surface area (Å²) in [7, 11) is -1.28. The number of benzene rings is 2. The van der Waals surface area contributed by atoms with Crippen molar-refractivity contribution >= 4 is 44.3 Å². The Kier molecular flexibility index (Phi) is 6.69. The molecule has 1 N–H and O–H groups in total. The van der Waals surface area contributed by atoms with E-state index < -0.39 is 29.3 Å². The fourth-order valence-electron chi connectivity index (χ4n) is 1.95. The topological polar surface area (TPSA) is 72.5 Å². The number of hydrogen-bond donors (Lipinski definition) is 1. The van der Waals surface area contributed by atoms with Crippen LogP contribution in [0.2, 0.25) is 0 Å². The van der Waals surface area contributed by atoms with Gasteiger partial charge in [0.25, 0.3) is 5.91 Å². The lowest BCUT2D eigenvalue weighted by Gasteiger charge is -2.10. The van der Waals surface area contributed by atoms with Crippen molar-refractivity contribution in [3.8, 4) is 0 Å². The maximum atomic E-state index is 12.2. The van der Waals surface area contributed by atoms with Crippen LogP contribution in [0.3, 0.4) is 0 Å². The molecule has 126 valence electrons. The van der Waals surface area contributed by atoms with Crippen molar-refractivity contribution in [2.45, 2.75) is 11.8 Å². The molecule has 0 aromatic heterocycles. The molecule has 0 heterocycles. The van der Waals surface area contributed by atoms with Gasteiger partial charge in [0.15, 0.2) is 6.61 Å². The third-order valence-electron chi connectivity index (χ3n) is 3.10. The first-order chi connectivity index (χ1) is 11.5. The normalized spacial score (nSPS) is 11.6. The van der Waals surface area contributed by atoms with Gasteiger partial charge in [-0.3, -0.25) is 9.00 Å². The van der Waals surface area contributed by atoms with E-state index in [9.17, 15) is 13.8 Å². The number of esters is 1. The zero-order valence-corrected chi connectivity index (χ0v) is 15.4. The maximum absolute atomic E-state index is 12.2. The largest absolute Gasteiger partial charge is 0.452 e. The molecule has 1 unspecified atom stereocenters. The molecule has 1 amide bonds. The summed E-state index contributed by atoms with van der Waals surface area (Å²) in [5.41, 5.74) is 0.803. The average Bonchev–Trinajstić information content (AvgIpc) is 2.61. The molecule has 1 atom stereocenters. The number of anilines is 1. The molecule has 0 aliphatic carbocycles. The second kappa shape index (κ2) is 8.75. The molecule has 0 aliphatic heterocycles. The highest BCUT2D eigenvalue weighted by molar-refractivity contribution is 9.10. The van der Waals surface area contributed by atoms with Crippen LogP contribution in [-0.2, 0) is 20.3 Å². The van der Waals surface area contributed by atoms with E-state index in [0.29, 0.717) is 16.3 Å². The molecular weight excluding hydrogens is 394 g/mol. The molecule has 2 rings (SSSR count). The van der Waals surface area contributed by atoms with Crippen molar-refractivity contribution in [1.29, 1.82) is 0 Å². The monoisotopic (exact) mass is 409 g/mol. The Hall–Kier alpha value is -1.99. The predicted molar refractivity (Wildman–Crippen MR) is 96.4 cm³/mol. The van der Waals surface area contributed by atoms with Crippen molar-refractivity contribution < 1.29 is 18.5 Å². The van der Waals surface area contributed by atoms with Gasteiger partial charge in [-0.15, -0.1) is 0 Å². The van der Waals surface area contributed by atoms with Gasteiger partial charge in [0.05, 0.1) is 26.9 Å². The summed E-state index contributed by atoms with van der Waals surface area (Å²) < 4.78 is 17.7. The van der Waals surface area contributed by atoms with Gasteiger partial charge in [-0.2, -0.15) is 0 Å². The second-order valence-corrected chi connectivity index (χ2v) is 7.30. The van der Waals surface area contributed by atoms with E-state index in [1.807, 2.05) is 6.07 Å². The molecular formula is C17H16BrNO4S. The third kappa shape index (κ3) is 4.75. The summed E-state index contributed by atoms with van der Waals surface area (Å²) in [6.07, 6.45) is 0. The first-order valence-corrected chi connectivity index (χ1v) is 9.33. The fourth-order valence-corrected chi connectivity index (χ4v) is 3.27. The van der Waals surface area contributed by atoms with Gasteiger partial charge >= 0.3 is 5.97 Å². The molecule has 5 nitrogen and oxygen atoms in total. The third-order valence-corrected chi connectivity index (χ3v) is 5.16. The lowest BCUT2D eigenvalue weighted by Crippen LogP contribution is -2.21. The SMILES string of the molecule is CCS(=O)c1ccccc1C(=O)OCC(=O)Nc1ccccc1Br. The zero-order chi connectivity index (χ0) is 17.5. The van der Waals surface area contributed by atoms with Gasteiger partial charge in [-0.1, -0.05) is 31.2 Å². The first-order valence-electron chi connectivity index (χ1n) is 7.21. The Morgan fingerprint density at radius 1 is 1.12 bits per heavy atom.